The predicted octanol–water partition coefficient (Wildman–Crippen LogP) is -0.613. The van der Waals surface area contributed by atoms with E-state index in [0.717, 1.165) is 39.3 Å². The Labute approximate surface area is 101 Å². The number of likely N-dealkylation sites (N-methyl/N-ethyl adjacent to an activating group) is 1. The maximum Gasteiger partial charge on any atom is 0.271 e. The Morgan fingerprint density at radius 3 is 2.94 bits per heavy atom. The van der Waals surface area contributed by atoms with Crippen LogP contribution in [0.5, 0.6) is 0 Å². The quantitative estimate of drug-likeness (QED) is 0.733. The van der Waals surface area contributed by atoms with Gasteiger partial charge in [-0.15, -0.1) is 0 Å². The number of aromatic nitrogens is 2. The molecule has 6 nitrogen and oxygen atoms in total. The summed E-state index contributed by atoms with van der Waals surface area (Å²) < 4.78 is 0. The number of nitrogens with one attached hydrogen (secondary N) is 2. The van der Waals surface area contributed by atoms with Crippen molar-refractivity contribution in [3.63, 3.8) is 0 Å². The zero-order valence-corrected chi connectivity index (χ0v) is 10.1. The molecule has 0 atom stereocenters. The molecule has 1 aromatic heterocycles. The summed E-state index contributed by atoms with van der Waals surface area (Å²) in [6.45, 7) is 5.88. The number of piperazine rings is 1. The number of imidazole rings is 1. The monoisotopic (exact) mass is 237 g/mol. The molecule has 0 saturated carbocycles. The lowest BCUT2D eigenvalue weighted by atomic mass is 10.3. The van der Waals surface area contributed by atoms with Gasteiger partial charge in [0.25, 0.3) is 5.91 Å². The Hall–Kier alpha value is -1.40. The lowest BCUT2D eigenvalue weighted by molar-refractivity contribution is 0.0769. The van der Waals surface area contributed by atoms with Gasteiger partial charge in [-0.05, 0) is 0 Å². The van der Waals surface area contributed by atoms with Crippen LogP contribution in [0, 0.1) is 0 Å². The van der Waals surface area contributed by atoms with E-state index in [0.29, 0.717) is 5.69 Å². The van der Waals surface area contributed by atoms with Crippen molar-refractivity contribution in [2.45, 2.75) is 0 Å². The van der Waals surface area contributed by atoms with Crippen LogP contribution < -0.4 is 5.32 Å². The minimum Gasteiger partial charge on any atom is -0.341 e. The number of amides is 1. The van der Waals surface area contributed by atoms with Gasteiger partial charge < -0.3 is 15.2 Å². The molecule has 0 unspecified atom stereocenters. The summed E-state index contributed by atoms with van der Waals surface area (Å²) in [6, 6.07) is 0. The van der Waals surface area contributed by atoms with Crippen molar-refractivity contribution in [1.29, 1.82) is 0 Å². The summed E-state index contributed by atoms with van der Waals surface area (Å²) in [5.74, 6) is -0.00219. The summed E-state index contributed by atoms with van der Waals surface area (Å²) in [5, 5.41) is 3.31. The summed E-state index contributed by atoms with van der Waals surface area (Å²) in [6.07, 6.45) is 3.08. The predicted molar refractivity (Wildman–Crippen MR) is 64.9 cm³/mol. The lowest BCUT2D eigenvalue weighted by Crippen LogP contribution is -2.46. The number of hydrogen-bond donors (Lipinski definition) is 2. The molecule has 1 aliphatic heterocycles. The first-order valence-corrected chi connectivity index (χ1v) is 5.94. The van der Waals surface area contributed by atoms with Gasteiger partial charge in [0.15, 0.2) is 0 Å². The fourth-order valence-electron chi connectivity index (χ4n) is 1.91. The Morgan fingerprint density at radius 2 is 2.29 bits per heavy atom. The maximum atomic E-state index is 11.9. The Balaban J connectivity index is 1.76. The summed E-state index contributed by atoms with van der Waals surface area (Å²) >= 11 is 0. The molecule has 1 amide bonds. The highest BCUT2D eigenvalue weighted by molar-refractivity contribution is 5.91. The lowest BCUT2D eigenvalue weighted by Gasteiger charge is -2.28. The molecule has 1 fully saturated rings. The molecule has 0 aromatic carbocycles. The standard InChI is InChI=1S/C11H19N5O/c1-15(11(17)10-8-13-9-14-10)6-7-16-4-2-12-3-5-16/h8-9,12H,2-7H2,1H3,(H,13,14). The molecule has 1 aliphatic rings. The van der Waals surface area contributed by atoms with Crippen LogP contribution >= 0.6 is 0 Å². The number of nitrogens with zero attached hydrogens (tertiary/aromatic N) is 3. The molecule has 0 spiro atoms. The highest BCUT2D eigenvalue weighted by Gasteiger charge is 2.15. The molecule has 17 heavy (non-hydrogen) atoms. The molecule has 2 N–H and O–H groups in total. The second kappa shape index (κ2) is 5.79. The Bertz CT molecular complexity index is 345. The molecule has 0 aliphatic carbocycles. The van der Waals surface area contributed by atoms with E-state index in [2.05, 4.69) is 20.2 Å². The van der Waals surface area contributed by atoms with Crippen molar-refractivity contribution in [3.8, 4) is 0 Å². The average molecular weight is 237 g/mol. The number of carbonyl (C=O) groups excluding carboxylic acids is 1. The maximum absolute atomic E-state index is 11.9. The first kappa shape index (κ1) is 12.1. The largest absolute Gasteiger partial charge is 0.341 e. The second-order valence-corrected chi connectivity index (χ2v) is 4.28. The fraction of sp³-hybridized carbons (Fsp3) is 0.636. The van der Waals surface area contributed by atoms with Crippen LogP contribution in [0.15, 0.2) is 12.5 Å². The SMILES string of the molecule is CN(CCN1CCNCC1)C(=O)c1cnc[nH]1. The normalized spacial score (nSPS) is 17.0. The van der Waals surface area contributed by atoms with Gasteiger partial charge in [0.05, 0.1) is 12.5 Å². The van der Waals surface area contributed by atoms with Crippen molar-refractivity contribution in [2.75, 3.05) is 46.3 Å². The highest BCUT2D eigenvalue weighted by atomic mass is 16.2. The van der Waals surface area contributed by atoms with Gasteiger partial charge in [0.1, 0.15) is 5.69 Å². The molecule has 0 radical (unpaired) electrons. The first-order valence-electron chi connectivity index (χ1n) is 5.94. The van der Waals surface area contributed by atoms with E-state index >= 15 is 0 Å². The smallest absolute Gasteiger partial charge is 0.271 e. The molecule has 2 heterocycles. The van der Waals surface area contributed by atoms with E-state index in [1.165, 1.54) is 6.33 Å². The van der Waals surface area contributed by atoms with Crippen LogP contribution in [0.3, 0.4) is 0 Å². The summed E-state index contributed by atoms with van der Waals surface area (Å²) in [7, 11) is 1.82. The van der Waals surface area contributed by atoms with Gasteiger partial charge in [0, 0.05) is 46.3 Å². The van der Waals surface area contributed by atoms with E-state index in [4.69, 9.17) is 0 Å². The van der Waals surface area contributed by atoms with Crippen LogP contribution in [0.1, 0.15) is 10.5 Å². The van der Waals surface area contributed by atoms with Crippen molar-refractivity contribution >= 4 is 5.91 Å². The third kappa shape index (κ3) is 3.28. The topological polar surface area (TPSA) is 64.3 Å². The van der Waals surface area contributed by atoms with E-state index < -0.39 is 0 Å². The zero-order valence-electron chi connectivity index (χ0n) is 10.1. The van der Waals surface area contributed by atoms with Gasteiger partial charge in [-0.1, -0.05) is 0 Å². The van der Waals surface area contributed by atoms with Gasteiger partial charge in [0.2, 0.25) is 0 Å². The van der Waals surface area contributed by atoms with Crippen molar-refractivity contribution < 1.29 is 4.79 Å². The highest BCUT2D eigenvalue weighted by Crippen LogP contribution is 1.99. The molecule has 1 aromatic rings. The molecule has 94 valence electrons. The van der Waals surface area contributed by atoms with Gasteiger partial charge in [-0.2, -0.15) is 0 Å². The van der Waals surface area contributed by atoms with E-state index in [9.17, 15) is 4.79 Å². The van der Waals surface area contributed by atoms with Crippen LogP contribution in [0.4, 0.5) is 0 Å². The Kier molecular flexibility index (Phi) is 4.11. The minimum atomic E-state index is -0.00219. The van der Waals surface area contributed by atoms with Crippen molar-refractivity contribution in [1.82, 2.24) is 25.1 Å². The van der Waals surface area contributed by atoms with Gasteiger partial charge in [-0.3, -0.25) is 9.69 Å². The zero-order chi connectivity index (χ0) is 12.1. The van der Waals surface area contributed by atoms with Crippen molar-refractivity contribution in [3.05, 3.63) is 18.2 Å². The van der Waals surface area contributed by atoms with Crippen LogP contribution in [-0.4, -0.2) is 72.0 Å². The number of aromatic amines is 1. The average Bonchev–Trinajstić information content (AvgIpc) is 2.90. The second-order valence-electron chi connectivity index (χ2n) is 4.28. The van der Waals surface area contributed by atoms with Crippen LogP contribution in [0.2, 0.25) is 0 Å². The van der Waals surface area contributed by atoms with E-state index in [-0.39, 0.29) is 5.91 Å². The minimum absolute atomic E-state index is 0.00219. The molecule has 0 bridgehead atoms. The molecule has 2 rings (SSSR count). The van der Waals surface area contributed by atoms with E-state index in [1.807, 2.05) is 7.05 Å². The molecule has 6 heteroatoms. The number of H-pyrrole nitrogens is 1. The molecular formula is C11H19N5O. The number of rotatable bonds is 4. The van der Waals surface area contributed by atoms with Gasteiger partial charge >= 0.3 is 0 Å². The van der Waals surface area contributed by atoms with Crippen LogP contribution in [0.25, 0.3) is 0 Å². The third-order valence-electron chi connectivity index (χ3n) is 3.04. The van der Waals surface area contributed by atoms with Gasteiger partial charge in [-0.25, -0.2) is 4.98 Å². The number of carbonyl (C=O) groups is 1. The summed E-state index contributed by atoms with van der Waals surface area (Å²) in [5.41, 5.74) is 0.549. The molecule has 1 saturated heterocycles. The summed E-state index contributed by atoms with van der Waals surface area (Å²) in [4.78, 5) is 22.7. The van der Waals surface area contributed by atoms with Crippen molar-refractivity contribution in [2.24, 2.45) is 0 Å². The van der Waals surface area contributed by atoms with Crippen LogP contribution in [-0.2, 0) is 0 Å². The fourth-order valence-corrected chi connectivity index (χ4v) is 1.91. The number of hydrogen-bond acceptors (Lipinski definition) is 4. The Morgan fingerprint density at radius 1 is 1.53 bits per heavy atom. The van der Waals surface area contributed by atoms with E-state index in [1.54, 1.807) is 11.1 Å². The molecular weight excluding hydrogens is 218 g/mol. The first-order chi connectivity index (χ1) is 8.27. The third-order valence-corrected chi connectivity index (χ3v) is 3.04.